The third-order valence-corrected chi connectivity index (χ3v) is 5.84. The lowest BCUT2D eigenvalue weighted by Crippen LogP contribution is -2.26. The molecule has 3 aromatic rings. The monoisotopic (exact) mass is 344 g/mol. The summed E-state index contributed by atoms with van der Waals surface area (Å²) in [5.74, 6) is 2.63. The summed E-state index contributed by atoms with van der Waals surface area (Å²) in [5.41, 5.74) is 6.63. The molecule has 0 radical (unpaired) electrons. The van der Waals surface area contributed by atoms with Gasteiger partial charge in [0, 0.05) is 29.4 Å². The zero-order valence-electron chi connectivity index (χ0n) is 15.0. The van der Waals surface area contributed by atoms with Crippen LogP contribution in [0.2, 0.25) is 0 Å². The van der Waals surface area contributed by atoms with Crippen molar-refractivity contribution in [3.8, 4) is 22.5 Å². The maximum atomic E-state index is 6.46. The minimum Gasteiger partial charge on any atom is -0.460 e. The maximum Gasteiger partial charge on any atom is 0.142 e. The topological polar surface area (TPSA) is 38.1 Å². The van der Waals surface area contributed by atoms with Crippen LogP contribution in [0.25, 0.3) is 22.5 Å². The van der Waals surface area contributed by atoms with E-state index in [-0.39, 0.29) is 0 Å². The van der Waals surface area contributed by atoms with Crippen LogP contribution in [0.4, 0.5) is 0 Å². The number of piperidine rings is 1. The molecule has 1 N–H and O–H groups in total. The molecular weight excluding hydrogens is 320 g/mol. The molecular formula is C23H24N2O. The molecule has 0 spiro atoms. The number of benzene rings is 1. The maximum absolute atomic E-state index is 6.46. The van der Waals surface area contributed by atoms with Crippen molar-refractivity contribution >= 4 is 0 Å². The predicted octanol–water partition coefficient (Wildman–Crippen LogP) is 4.96. The van der Waals surface area contributed by atoms with E-state index < -0.39 is 0 Å². The van der Waals surface area contributed by atoms with E-state index in [1.165, 1.54) is 41.5 Å². The van der Waals surface area contributed by atoms with Crippen molar-refractivity contribution in [3.63, 3.8) is 0 Å². The average Bonchev–Trinajstić information content (AvgIpc) is 3.36. The number of pyridine rings is 1. The molecule has 1 aliphatic heterocycles. The third-order valence-electron chi connectivity index (χ3n) is 5.84. The van der Waals surface area contributed by atoms with Crippen LogP contribution in [-0.4, -0.2) is 18.1 Å². The third kappa shape index (κ3) is 2.86. The highest BCUT2D eigenvalue weighted by Gasteiger charge is 2.23. The van der Waals surface area contributed by atoms with Gasteiger partial charge in [-0.2, -0.15) is 0 Å². The quantitative estimate of drug-likeness (QED) is 0.729. The number of hydrogen-bond donors (Lipinski definition) is 1. The van der Waals surface area contributed by atoms with Crippen molar-refractivity contribution < 1.29 is 4.42 Å². The molecule has 132 valence electrons. The first-order chi connectivity index (χ1) is 12.9. The van der Waals surface area contributed by atoms with Gasteiger partial charge < -0.3 is 9.73 Å². The molecule has 1 aliphatic carbocycles. The number of aryl methyl sites for hydroxylation is 2. The lowest BCUT2D eigenvalue weighted by Gasteiger charge is -2.20. The molecule has 5 rings (SSSR count). The Bertz CT molecular complexity index is 907. The molecule has 0 bridgehead atoms. The SMILES string of the molecule is c1cc(-c2oc(C3CCNCC3)cc2-c2ccc3c(c2)CCC3)ccn1. The van der Waals surface area contributed by atoms with Crippen LogP contribution in [0.15, 0.2) is 53.2 Å². The number of rotatable bonds is 3. The van der Waals surface area contributed by atoms with Crippen LogP contribution >= 0.6 is 0 Å². The molecule has 2 aromatic heterocycles. The summed E-state index contributed by atoms with van der Waals surface area (Å²) >= 11 is 0. The minimum atomic E-state index is 0.514. The van der Waals surface area contributed by atoms with Crippen LogP contribution in [0, 0.1) is 0 Å². The zero-order valence-corrected chi connectivity index (χ0v) is 15.0. The summed E-state index contributed by atoms with van der Waals surface area (Å²) in [4.78, 5) is 4.17. The van der Waals surface area contributed by atoms with Crippen LogP contribution in [0.1, 0.15) is 42.1 Å². The largest absolute Gasteiger partial charge is 0.460 e. The Kier molecular flexibility index (Phi) is 4.10. The summed E-state index contributed by atoms with van der Waals surface area (Å²) < 4.78 is 6.46. The number of furan rings is 1. The van der Waals surface area contributed by atoms with Gasteiger partial charge >= 0.3 is 0 Å². The highest BCUT2D eigenvalue weighted by atomic mass is 16.3. The van der Waals surface area contributed by atoms with Gasteiger partial charge in [0.1, 0.15) is 11.5 Å². The van der Waals surface area contributed by atoms with Gasteiger partial charge in [-0.25, -0.2) is 0 Å². The highest BCUT2D eigenvalue weighted by molar-refractivity contribution is 5.80. The Balaban J connectivity index is 1.61. The van der Waals surface area contributed by atoms with E-state index >= 15 is 0 Å². The fourth-order valence-corrected chi connectivity index (χ4v) is 4.39. The average molecular weight is 344 g/mol. The van der Waals surface area contributed by atoms with E-state index in [2.05, 4.69) is 34.6 Å². The Morgan fingerprint density at radius 3 is 2.54 bits per heavy atom. The van der Waals surface area contributed by atoms with E-state index in [0.29, 0.717) is 5.92 Å². The summed E-state index contributed by atoms with van der Waals surface area (Å²) in [5, 5.41) is 3.45. The molecule has 0 atom stereocenters. The molecule has 1 saturated heterocycles. The molecule has 1 aromatic carbocycles. The predicted molar refractivity (Wildman–Crippen MR) is 104 cm³/mol. The molecule has 0 saturated carbocycles. The summed E-state index contributed by atoms with van der Waals surface area (Å²) in [6.45, 7) is 2.15. The molecule has 26 heavy (non-hydrogen) atoms. The van der Waals surface area contributed by atoms with Gasteiger partial charge in [0.2, 0.25) is 0 Å². The first-order valence-electron chi connectivity index (χ1n) is 9.75. The summed E-state index contributed by atoms with van der Waals surface area (Å²) in [6.07, 6.45) is 9.68. The number of fused-ring (bicyclic) bond motifs is 1. The Morgan fingerprint density at radius 1 is 0.885 bits per heavy atom. The second-order valence-corrected chi connectivity index (χ2v) is 7.49. The molecule has 2 aliphatic rings. The van der Waals surface area contributed by atoms with Gasteiger partial charge in [-0.1, -0.05) is 18.2 Å². The zero-order chi connectivity index (χ0) is 17.3. The molecule has 0 amide bonds. The fourth-order valence-electron chi connectivity index (χ4n) is 4.39. The Labute approximate surface area is 154 Å². The first-order valence-corrected chi connectivity index (χ1v) is 9.75. The summed E-state index contributed by atoms with van der Waals surface area (Å²) in [7, 11) is 0. The number of hydrogen-bond acceptors (Lipinski definition) is 3. The number of nitrogens with zero attached hydrogens (tertiary/aromatic N) is 1. The number of nitrogens with one attached hydrogen (secondary N) is 1. The molecule has 1 fully saturated rings. The first kappa shape index (κ1) is 15.8. The normalized spacial score (nSPS) is 17.4. The Hall–Kier alpha value is -2.39. The smallest absolute Gasteiger partial charge is 0.142 e. The van der Waals surface area contributed by atoms with E-state index in [4.69, 9.17) is 4.42 Å². The van der Waals surface area contributed by atoms with Gasteiger partial charge in [-0.3, -0.25) is 4.98 Å². The van der Waals surface area contributed by atoms with Gasteiger partial charge in [0.25, 0.3) is 0 Å². The van der Waals surface area contributed by atoms with Crippen LogP contribution in [0.5, 0.6) is 0 Å². The standard InChI is InChI=1S/C23H24N2O/c1-2-16-4-5-20(14-19(16)3-1)21-15-22(17-6-10-24-11-7-17)26-23(21)18-8-12-25-13-9-18/h4-5,8-9,12-15,17,24H,1-3,6-7,10-11H2. The minimum absolute atomic E-state index is 0.514. The van der Waals surface area contributed by atoms with E-state index in [9.17, 15) is 0 Å². The lowest BCUT2D eigenvalue weighted by molar-refractivity contribution is 0.390. The Morgan fingerprint density at radius 2 is 1.69 bits per heavy atom. The van der Waals surface area contributed by atoms with Crippen molar-refractivity contribution in [2.75, 3.05) is 13.1 Å². The molecule has 3 heterocycles. The van der Waals surface area contributed by atoms with Crippen molar-refractivity contribution in [2.24, 2.45) is 0 Å². The van der Waals surface area contributed by atoms with Crippen molar-refractivity contribution in [3.05, 3.63) is 65.7 Å². The van der Waals surface area contributed by atoms with Crippen LogP contribution in [0.3, 0.4) is 0 Å². The fraction of sp³-hybridized carbons (Fsp3) is 0.348. The van der Waals surface area contributed by atoms with Crippen LogP contribution in [-0.2, 0) is 12.8 Å². The second-order valence-electron chi connectivity index (χ2n) is 7.49. The van der Waals surface area contributed by atoms with Crippen molar-refractivity contribution in [2.45, 2.75) is 38.0 Å². The molecule has 0 unspecified atom stereocenters. The van der Waals surface area contributed by atoms with Gasteiger partial charge in [-0.15, -0.1) is 0 Å². The highest BCUT2D eigenvalue weighted by Crippen LogP contribution is 2.40. The van der Waals surface area contributed by atoms with E-state index in [1.807, 2.05) is 24.5 Å². The van der Waals surface area contributed by atoms with E-state index in [1.54, 1.807) is 0 Å². The van der Waals surface area contributed by atoms with Crippen molar-refractivity contribution in [1.29, 1.82) is 0 Å². The molecule has 3 nitrogen and oxygen atoms in total. The lowest BCUT2D eigenvalue weighted by atomic mass is 9.93. The summed E-state index contributed by atoms with van der Waals surface area (Å²) in [6, 6.07) is 13.3. The van der Waals surface area contributed by atoms with E-state index in [0.717, 1.165) is 43.0 Å². The second kappa shape index (κ2) is 6.73. The van der Waals surface area contributed by atoms with Gasteiger partial charge in [-0.05, 0) is 80.1 Å². The van der Waals surface area contributed by atoms with Gasteiger partial charge in [0.15, 0.2) is 0 Å². The van der Waals surface area contributed by atoms with Gasteiger partial charge in [0.05, 0.1) is 0 Å². The van der Waals surface area contributed by atoms with Crippen LogP contribution < -0.4 is 5.32 Å². The number of aromatic nitrogens is 1. The van der Waals surface area contributed by atoms with Crippen molar-refractivity contribution in [1.82, 2.24) is 10.3 Å². The molecule has 3 heteroatoms.